The van der Waals surface area contributed by atoms with Gasteiger partial charge in [0.25, 0.3) is 0 Å². The van der Waals surface area contributed by atoms with E-state index in [0.717, 1.165) is 243 Å². The van der Waals surface area contributed by atoms with E-state index < -0.39 is 11.2 Å². The summed E-state index contributed by atoms with van der Waals surface area (Å²) in [7, 11) is 8.18. The van der Waals surface area contributed by atoms with Crippen molar-refractivity contribution in [1.82, 2.24) is 93.3 Å². The van der Waals surface area contributed by atoms with Gasteiger partial charge in [-0.25, -0.2) is 29.5 Å². The zero-order valence-corrected chi connectivity index (χ0v) is 88.4. The topological polar surface area (TPSA) is 293 Å². The largest absolute Gasteiger partial charge is 0.444 e. The standard InChI is InChI=1S/C30H42N6O2.2C25H34N6.C21H34N4O2.C9H9ClN2.ClH/c1-20-17-25(22-7-15-34(6)26(22)31-20)35-16-8-24-23(18-35)21(2)33-36(24)19-29-9-12-30(13-10-29,14-11-29)32-27(37)38-28(3,4)5;2*1-17-14-22(19-4-12-29(3)23(19)27-17)30-13-5-21-20(15-30)18(2)28-31(21)16-24-6-9-25(26,10-7-24)11-8-24;1-15-16-13-22-12-5-17(16)25(24-15)14-20-6-9-21(10-7-20,11-8-20)23-18(26)27-19(2,3)4;1-6-5-8(10)7-3-4-12(2)9(7)11-6;/h7,15,17H,8-14,16,18-19H2,1-6H3,(H,32,37);2*4,12,14H,5-11,13,15-16,26H2,1-3H3;22H,5-14H2,1-4H3,(H,23,26);3-5H,1-2H3;1H. The minimum atomic E-state index is -0.468. The minimum absolute atomic E-state index is 0. The van der Waals surface area contributed by atoms with Crippen molar-refractivity contribution < 1.29 is 19.1 Å². The number of alkyl carbamates (subject to hydrolysis) is 2. The van der Waals surface area contributed by atoms with Crippen LogP contribution in [0, 0.1) is 77.0 Å². The Hall–Kier alpha value is -10.0. The first-order chi connectivity index (χ1) is 66.0. The van der Waals surface area contributed by atoms with Crippen LogP contribution in [0.25, 0.3) is 44.1 Å². The number of ether oxygens (including phenoxy) is 2. The highest BCUT2D eigenvalue weighted by atomic mass is 35.5. The maximum absolute atomic E-state index is 12.5. The highest BCUT2D eigenvalue weighted by molar-refractivity contribution is 6.35. The molecule has 16 heterocycles. The van der Waals surface area contributed by atoms with E-state index in [1.807, 2.05) is 78.4 Å². The lowest BCUT2D eigenvalue weighted by Crippen LogP contribution is -2.58. The molecular formula is C110H154Cl2N24O4. The number of nitrogens with zero attached hydrogens (tertiary/aromatic N) is 19. The van der Waals surface area contributed by atoms with E-state index in [9.17, 15) is 9.59 Å². The SMILES string of the molecule is Cc1cc(Cl)c2ccn(C)c2n1.Cc1cc(N2CCc3c(c(C)nn3CC34CCC(N)(CC3)CC4)C2)c2ccn(C)c2n1.Cc1cc(N2CCc3c(c(C)nn3CC34CCC(N)(CC3)CC4)C2)c2ccn(C)c2n1.Cc1cc(N2CCc3c(c(C)nn3CC34CCC(NC(=O)OC(C)(C)C)(CC3)CC4)C2)c2ccn(C)c2n1.Cc1nn(CC23CCC(NC(=O)OC(C)(C)C)(CC2)CC3)c2c1CNCC2.Cl. The number of halogens is 2. The van der Waals surface area contributed by atoms with Gasteiger partial charge in [-0.05, 0) is 321 Å². The number of rotatable bonds is 13. The number of pyridine rings is 4. The Morgan fingerprint density at radius 2 is 0.650 bits per heavy atom. The number of aryl methyl sites for hydroxylation is 12. The Labute approximate surface area is 838 Å². The van der Waals surface area contributed by atoms with Gasteiger partial charge >= 0.3 is 12.2 Å². The molecule has 12 aromatic heterocycles. The molecule has 0 unspecified atom stereocenters. The fourth-order valence-electron chi connectivity index (χ4n) is 26.6. The van der Waals surface area contributed by atoms with Gasteiger partial charge in [0.15, 0.2) is 0 Å². The fraction of sp³-hybridized carbons (Fsp3) is 0.618. The molecule has 752 valence electrons. The van der Waals surface area contributed by atoms with E-state index in [1.54, 1.807) is 0 Å². The van der Waals surface area contributed by atoms with Crippen LogP contribution in [0.2, 0.25) is 5.02 Å². The molecule has 0 aromatic carbocycles. The van der Waals surface area contributed by atoms with Crippen molar-refractivity contribution in [1.29, 1.82) is 0 Å². The maximum atomic E-state index is 12.5. The lowest BCUT2D eigenvalue weighted by atomic mass is 9.57. The van der Waals surface area contributed by atoms with Gasteiger partial charge in [-0.1, -0.05) is 11.6 Å². The molecule has 4 aliphatic heterocycles. The smallest absolute Gasteiger partial charge is 0.408 e. The van der Waals surface area contributed by atoms with Crippen molar-refractivity contribution in [2.75, 3.05) is 40.9 Å². The molecule has 30 heteroatoms. The zero-order chi connectivity index (χ0) is 97.6. The predicted octanol–water partition coefficient (Wildman–Crippen LogP) is 20.0. The number of aromatic nitrogens is 16. The first kappa shape index (κ1) is 98.8. The molecule has 0 radical (unpaired) electrons. The summed E-state index contributed by atoms with van der Waals surface area (Å²) in [5.41, 5.74) is 42.1. The molecular weight excluding hydrogens is 1790 g/mol. The second-order valence-corrected chi connectivity index (χ2v) is 47.8. The number of carbonyl (C=O) groups is 2. The third-order valence-corrected chi connectivity index (χ3v) is 35.5. The monoisotopic (exact) mass is 1950 g/mol. The average molecular weight is 1950 g/mol. The van der Waals surface area contributed by atoms with Crippen molar-refractivity contribution in [3.63, 3.8) is 0 Å². The molecule has 140 heavy (non-hydrogen) atoms. The fourth-order valence-corrected chi connectivity index (χ4v) is 26.9. The van der Waals surface area contributed by atoms with Crippen LogP contribution in [0.4, 0.5) is 26.7 Å². The van der Waals surface area contributed by atoms with Gasteiger partial charge in [0.1, 0.15) is 33.8 Å². The summed E-state index contributed by atoms with van der Waals surface area (Å²) in [6, 6.07) is 17.2. The summed E-state index contributed by atoms with van der Waals surface area (Å²) in [4.78, 5) is 51.0. The highest BCUT2D eigenvalue weighted by Crippen LogP contribution is 2.58. The lowest BCUT2D eigenvalue weighted by Gasteiger charge is -2.53. The highest BCUT2D eigenvalue weighted by Gasteiger charge is 2.54. The molecule has 12 aromatic rings. The summed E-state index contributed by atoms with van der Waals surface area (Å²) in [6.45, 7) is 40.4. The van der Waals surface area contributed by atoms with Gasteiger partial charge in [-0.3, -0.25) is 18.7 Å². The molecule has 0 spiro atoms. The first-order valence-electron chi connectivity index (χ1n) is 52.2. The number of carbonyl (C=O) groups excluding carboxylic acids is 2. The van der Waals surface area contributed by atoms with Crippen LogP contribution in [-0.4, -0.2) is 149 Å². The first-order valence-corrected chi connectivity index (χ1v) is 52.5. The molecule has 28 rings (SSSR count). The van der Waals surface area contributed by atoms with Crippen molar-refractivity contribution in [2.45, 2.75) is 362 Å². The number of anilines is 3. The Bertz CT molecular complexity index is 6400. The third kappa shape index (κ3) is 19.7. The number of hydrogen-bond acceptors (Lipinski definition) is 18. The van der Waals surface area contributed by atoms with Gasteiger partial charge in [0.05, 0.1) is 27.8 Å². The number of amides is 2. The molecule has 12 aliphatic carbocycles. The second kappa shape index (κ2) is 37.3. The quantitative estimate of drug-likeness (QED) is 0.0716. The van der Waals surface area contributed by atoms with Crippen LogP contribution >= 0.6 is 24.0 Å². The van der Waals surface area contributed by atoms with Gasteiger partial charge in [-0.2, -0.15) is 20.4 Å². The molecule has 28 nitrogen and oxygen atoms in total. The van der Waals surface area contributed by atoms with Crippen molar-refractivity contribution in [3.05, 3.63) is 169 Å². The van der Waals surface area contributed by atoms with Gasteiger partial charge in [0, 0.05) is 286 Å². The van der Waals surface area contributed by atoms with Gasteiger partial charge in [-0.15, -0.1) is 12.4 Å². The predicted molar refractivity (Wildman–Crippen MR) is 560 cm³/mol. The lowest BCUT2D eigenvalue weighted by molar-refractivity contribution is -0.00553. The zero-order valence-electron chi connectivity index (χ0n) is 86.8. The van der Waals surface area contributed by atoms with E-state index in [2.05, 4.69) is 193 Å². The van der Waals surface area contributed by atoms with E-state index >= 15 is 0 Å². The van der Waals surface area contributed by atoms with Crippen molar-refractivity contribution >= 4 is 97.4 Å². The van der Waals surface area contributed by atoms with Crippen LogP contribution in [0.5, 0.6) is 0 Å². The van der Waals surface area contributed by atoms with Crippen molar-refractivity contribution in [3.8, 4) is 0 Å². The van der Waals surface area contributed by atoms with E-state index in [-0.39, 0.29) is 52.2 Å². The summed E-state index contributed by atoms with van der Waals surface area (Å²) >= 11 is 6.02. The Balaban J connectivity index is 0.000000114. The second-order valence-electron chi connectivity index (χ2n) is 47.4. The van der Waals surface area contributed by atoms with Crippen LogP contribution in [0.15, 0.2) is 73.3 Å². The molecule has 2 amide bonds. The summed E-state index contributed by atoms with van der Waals surface area (Å²) in [5.74, 6) is 0. The summed E-state index contributed by atoms with van der Waals surface area (Å²) < 4.78 is 28.8. The number of nitrogens with one attached hydrogen (secondary N) is 3. The average Bonchev–Trinajstić information content (AvgIpc) is 1.35. The molecule has 16 aliphatic rings. The number of hydrogen-bond donors (Lipinski definition) is 5. The van der Waals surface area contributed by atoms with Crippen molar-refractivity contribution in [2.24, 2.45) is 61.3 Å². The third-order valence-electron chi connectivity index (χ3n) is 35.2. The van der Waals surface area contributed by atoms with E-state index in [0.29, 0.717) is 16.2 Å². The Kier molecular flexibility index (Phi) is 26.3. The van der Waals surface area contributed by atoms with E-state index in [1.165, 1.54) is 172 Å². The van der Waals surface area contributed by atoms with E-state index in [4.69, 9.17) is 67.9 Å². The number of fused-ring (bicyclic) bond motifs is 20. The van der Waals surface area contributed by atoms with Crippen LogP contribution < -0.4 is 42.1 Å². The van der Waals surface area contributed by atoms with Crippen LogP contribution in [0.1, 0.15) is 286 Å². The maximum Gasteiger partial charge on any atom is 0.408 e. The van der Waals surface area contributed by atoms with Crippen LogP contribution in [0.3, 0.4) is 0 Å². The minimum Gasteiger partial charge on any atom is -0.444 e. The Morgan fingerprint density at radius 1 is 0.386 bits per heavy atom. The molecule has 0 atom stereocenters. The molecule has 7 N–H and O–H groups in total. The molecule has 8 bridgehead atoms. The molecule has 12 saturated carbocycles. The normalized spacial score (nSPS) is 25.9. The summed E-state index contributed by atoms with van der Waals surface area (Å²) in [5, 5.41) is 35.6. The van der Waals surface area contributed by atoms with Crippen LogP contribution in [-0.2, 0) is 116 Å². The molecule has 12 fully saturated rings. The Morgan fingerprint density at radius 3 is 0.950 bits per heavy atom. The van der Waals surface area contributed by atoms with Gasteiger partial charge < -0.3 is 69.9 Å². The number of nitrogens with two attached hydrogens (primary N) is 2. The molecule has 0 saturated heterocycles. The summed E-state index contributed by atoms with van der Waals surface area (Å²) in [6.07, 6.45) is 39.8. The van der Waals surface area contributed by atoms with Gasteiger partial charge in [0.2, 0.25) is 0 Å².